The van der Waals surface area contributed by atoms with Crippen LogP contribution in [0.4, 0.5) is 0 Å². The Morgan fingerprint density at radius 2 is 2.12 bits per heavy atom. The molecular weight excluding hydrogens is 212 g/mol. The fourth-order valence-electron chi connectivity index (χ4n) is 2.39. The lowest BCUT2D eigenvalue weighted by atomic mass is 9.97. The SMILES string of the molecule is CN1CNC(c2ccccc2)C2=NCC=NC21. The third-order valence-corrected chi connectivity index (χ3v) is 3.26. The highest BCUT2D eigenvalue weighted by molar-refractivity contribution is 5.98. The molecule has 17 heavy (non-hydrogen) atoms. The van der Waals surface area contributed by atoms with E-state index in [0.717, 1.165) is 12.4 Å². The van der Waals surface area contributed by atoms with Crippen LogP contribution >= 0.6 is 0 Å². The maximum Gasteiger partial charge on any atom is 0.143 e. The van der Waals surface area contributed by atoms with Crippen LogP contribution in [-0.4, -0.2) is 43.3 Å². The summed E-state index contributed by atoms with van der Waals surface area (Å²) in [6.07, 6.45) is 2.01. The predicted molar refractivity (Wildman–Crippen MR) is 69.5 cm³/mol. The van der Waals surface area contributed by atoms with E-state index in [4.69, 9.17) is 0 Å². The Balaban J connectivity index is 1.94. The maximum atomic E-state index is 4.62. The second kappa shape index (κ2) is 4.39. The van der Waals surface area contributed by atoms with Gasteiger partial charge in [0.2, 0.25) is 0 Å². The standard InChI is InChI=1S/C13H16N4/c1-17-9-16-11(10-5-3-2-4-6-10)12-13(17)15-8-7-14-12/h2-6,8,11,13,16H,7,9H2,1H3. The van der Waals surface area contributed by atoms with E-state index in [-0.39, 0.29) is 12.2 Å². The largest absolute Gasteiger partial charge is 0.292 e. The normalized spacial score (nSPS) is 28.6. The Hall–Kier alpha value is -1.52. The van der Waals surface area contributed by atoms with Crippen molar-refractivity contribution in [1.29, 1.82) is 0 Å². The fraction of sp³-hybridized carbons (Fsp3) is 0.385. The third kappa shape index (κ3) is 1.90. The predicted octanol–water partition coefficient (Wildman–Crippen LogP) is 1.07. The zero-order valence-corrected chi connectivity index (χ0v) is 9.87. The second-order valence-corrected chi connectivity index (χ2v) is 4.43. The topological polar surface area (TPSA) is 40.0 Å². The molecule has 2 aliphatic rings. The molecule has 88 valence electrons. The van der Waals surface area contributed by atoms with Crippen LogP contribution in [0.15, 0.2) is 40.3 Å². The molecule has 0 spiro atoms. The maximum absolute atomic E-state index is 4.62. The molecule has 4 heteroatoms. The highest BCUT2D eigenvalue weighted by atomic mass is 15.3. The van der Waals surface area contributed by atoms with E-state index in [1.807, 2.05) is 12.3 Å². The number of aliphatic imine (C=N–C) groups is 2. The Labute approximate surface area is 101 Å². The number of fused-ring (bicyclic) bond motifs is 1. The van der Waals surface area contributed by atoms with E-state index >= 15 is 0 Å². The van der Waals surface area contributed by atoms with Crippen LogP contribution in [0.3, 0.4) is 0 Å². The van der Waals surface area contributed by atoms with Gasteiger partial charge in [0, 0.05) is 6.21 Å². The van der Waals surface area contributed by atoms with Gasteiger partial charge in [-0.3, -0.25) is 20.2 Å². The Morgan fingerprint density at radius 3 is 2.94 bits per heavy atom. The highest BCUT2D eigenvalue weighted by Crippen LogP contribution is 2.23. The van der Waals surface area contributed by atoms with E-state index in [2.05, 4.69) is 51.5 Å². The molecule has 2 atom stereocenters. The van der Waals surface area contributed by atoms with Crippen molar-refractivity contribution in [3.05, 3.63) is 35.9 Å². The number of hydrogen-bond donors (Lipinski definition) is 1. The molecule has 1 N–H and O–H groups in total. The molecule has 0 saturated carbocycles. The molecular formula is C13H16N4. The molecule has 0 aromatic heterocycles. The molecule has 3 rings (SSSR count). The Morgan fingerprint density at radius 1 is 1.29 bits per heavy atom. The number of nitrogens with one attached hydrogen (secondary N) is 1. The van der Waals surface area contributed by atoms with Crippen molar-refractivity contribution in [2.75, 3.05) is 20.3 Å². The second-order valence-electron chi connectivity index (χ2n) is 4.43. The van der Waals surface area contributed by atoms with Crippen molar-refractivity contribution in [3.8, 4) is 0 Å². The Kier molecular flexibility index (Phi) is 2.74. The first-order valence-corrected chi connectivity index (χ1v) is 5.91. The lowest BCUT2D eigenvalue weighted by Gasteiger charge is -2.38. The molecule has 1 fully saturated rings. The molecule has 0 bridgehead atoms. The molecule has 1 aromatic carbocycles. The van der Waals surface area contributed by atoms with Crippen LogP contribution in [0, 0.1) is 0 Å². The van der Waals surface area contributed by atoms with Crippen LogP contribution in [0.2, 0.25) is 0 Å². The lowest BCUT2D eigenvalue weighted by Crippen LogP contribution is -2.54. The molecule has 0 radical (unpaired) electrons. The summed E-state index contributed by atoms with van der Waals surface area (Å²) in [5.74, 6) is 0. The zero-order chi connectivity index (χ0) is 11.7. The number of hydrogen-bond acceptors (Lipinski definition) is 4. The van der Waals surface area contributed by atoms with Crippen LogP contribution in [-0.2, 0) is 0 Å². The molecule has 2 unspecified atom stereocenters. The molecule has 0 amide bonds. The van der Waals surface area contributed by atoms with Crippen molar-refractivity contribution >= 4 is 11.9 Å². The molecule has 4 nitrogen and oxygen atoms in total. The van der Waals surface area contributed by atoms with Gasteiger partial charge in [-0.2, -0.15) is 0 Å². The van der Waals surface area contributed by atoms with Crippen molar-refractivity contribution in [2.24, 2.45) is 9.98 Å². The quantitative estimate of drug-likeness (QED) is 0.781. The summed E-state index contributed by atoms with van der Waals surface area (Å²) in [6.45, 7) is 1.53. The van der Waals surface area contributed by atoms with Crippen LogP contribution in [0.1, 0.15) is 11.6 Å². The van der Waals surface area contributed by atoms with Crippen LogP contribution in [0.5, 0.6) is 0 Å². The van der Waals surface area contributed by atoms with Gasteiger partial charge in [0.15, 0.2) is 0 Å². The minimum atomic E-state index is 0.107. The van der Waals surface area contributed by atoms with Crippen molar-refractivity contribution < 1.29 is 0 Å². The van der Waals surface area contributed by atoms with E-state index in [1.54, 1.807) is 0 Å². The van der Waals surface area contributed by atoms with Crippen molar-refractivity contribution in [3.63, 3.8) is 0 Å². The van der Waals surface area contributed by atoms with E-state index in [1.165, 1.54) is 5.56 Å². The lowest BCUT2D eigenvalue weighted by molar-refractivity contribution is 0.241. The summed E-state index contributed by atoms with van der Waals surface area (Å²) in [7, 11) is 2.07. The third-order valence-electron chi connectivity index (χ3n) is 3.26. The summed E-state index contributed by atoms with van der Waals surface area (Å²) < 4.78 is 0. The van der Waals surface area contributed by atoms with Crippen molar-refractivity contribution in [1.82, 2.24) is 10.2 Å². The first-order chi connectivity index (χ1) is 8.36. The van der Waals surface area contributed by atoms with Crippen LogP contribution in [0.25, 0.3) is 0 Å². The van der Waals surface area contributed by atoms with E-state index < -0.39 is 0 Å². The molecule has 2 heterocycles. The first-order valence-electron chi connectivity index (χ1n) is 5.91. The number of benzene rings is 1. The number of nitrogens with zero attached hydrogens (tertiary/aromatic N) is 3. The summed E-state index contributed by atoms with van der Waals surface area (Å²) in [4.78, 5) is 11.3. The molecule has 0 aliphatic carbocycles. The van der Waals surface area contributed by atoms with Gasteiger partial charge in [0.25, 0.3) is 0 Å². The fourth-order valence-corrected chi connectivity index (χ4v) is 2.39. The average Bonchev–Trinajstić information content (AvgIpc) is 2.41. The van der Waals surface area contributed by atoms with Gasteiger partial charge >= 0.3 is 0 Å². The van der Waals surface area contributed by atoms with Gasteiger partial charge in [0.05, 0.1) is 25.0 Å². The average molecular weight is 228 g/mol. The van der Waals surface area contributed by atoms with Gasteiger partial charge in [-0.1, -0.05) is 30.3 Å². The van der Waals surface area contributed by atoms with Gasteiger partial charge in [-0.25, -0.2) is 0 Å². The molecule has 1 saturated heterocycles. The monoisotopic (exact) mass is 228 g/mol. The number of rotatable bonds is 1. The van der Waals surface area contributed by atoms with Gasteiger partial charge in [-0.05, 0) is 12.6 Å². The smallest absolute Gasteiger partial charge is 0.143 e. The van der Waals surface area contributed by atoms with E-state index in [0.29, 0.717) is 6.54 Å². The van der Waals surface area contributed by atoms with Gasteiger partial charge in [0.1, 0.15) is 6.17 Å². The first kappa shape index (κ1) is 10.6. The summed E-state index contributed by atoms with van der Waals surface area (Å²) >= 11 is 0. The molecule has 2 aliphatic heterocycles. The summed E-state index contributed by atoms with van der Waals surface area (Å²) in [5.41, 5.74) is 2.40. The minimum absolute atomic E-state index is 0.107. The van der Waals surface area contributed by atoms with Gasteiger partial charge < -0.3 is 0 Å². The van der Waals surface area contributed by atoms with Crippen molar-refractivity contribution in [2.45, 2.75) is 12.2 Å². The highest BCUT2D eigenvalue weighted by Gasteiger charge is 2.33. The van der Waals surface area contributed by atoms with Gasteiger partial charge in [-0.15, -0.1) is 0 Å². The van der Waals surface area contributed by atoms with E-state index in [9.17, 15) is 0 Å². The molecule has 1 aromatic rings. The minimum Gasteiger partial charge on any atom is -0.292 e. The van der Waals surface area contributed by atoms with Crippen LogP contribution < -0.4 is 5.32 Å². The zero-order valence-electron chi connectivity index (χ0n) is 9.87. The summed E-state index contributed by atoms with van der Waals surface area (Å²) in [5, 5.41) is 3.51. The Bertz CT molecular complexity index is 452. The summed E-state index contributed by atoms with van der Waals surface area (Å²) in [6, 6.07) is 10.7.